The Balaban J connectivity index is 4.83. The molecule has 0 aliphatic heterocycles. The average molecular weight is 581 g/mol. The van der Waals surface area contributed by atoms with Gasteiger partial charge in [-0.2, -0.15) is 0 Å². The molecule has 0 saturated heterocycles. The van der Waals surface area contributed by atoms with Crippen molar-refractivity contribution in [3.63, 3.8) is 0 Å². The number of amides is 2. The van der Waals surface area contributed by atoms with Gasteiger partial charge in [-0.05, 0) is 12.8 Å². The van der Waals surface area contributed by atoms with Crippen molar-refractivity contribution in [2.75, 3.05) is 26.2 Å². The van der Waals surface area contributed by atoms with E-state index in [1.54, 1.807) is 0 Å². The molecule has 0 aromatic heterocycles. The van der Waals surface area contributed by atoms with E-state index in [0.717, 1.165) is 25.7 Å². The first-order valence-corrected chi connectivity index (χ1v) is 14.9. The summed E-state index contributed by atoms with van der Waals surface area (Å²) in [6.07, 6.45) is 15.5. The zero-order chi connectivity index (χ0) is 31.0. The zero-order valence-corrected chi connectivity index (χ0v) is 24.7. The van der Waals surface area contributed by atoms with Crippen LogP contribution in [0.3, 0.4) is 0 Å². The highest BCUT2D eigenvalue weighted by Gasteiger charge is 2.30. The molecular formula is C31H52N2O8. The van der Waals surface area contributed by atoms with Gasteiger partial charge in [-0.1, -0.05) is 76.6 Å². The Morgan fingerprint density at radius 2 is 1.29 bits per heavy atom. The monoisotopic (exact) mass is 580 g/mol. The molecule has 0 saturated carbocycles. The number of aliphatic hydroxyl groups is 5. The SMILES string of the molecule is C#CCN(CC#C)C(=O)[C@@H](CCC(=O)NCC(O)C(O)C(O)C(O)CO)CC(=O)CCCCCCCCCCCC. The maximum Gasteiger partial charge on any atom is 0.227 e. The molecule has 6 N–H and O–H groups in total. The number of terminal acetylenes is 2. The quantitative estimate of drug-likeness (QED) is 0.0694. The minimum absolute atomic E-state index is 0.0234. The molecule has 0 fully saturated rings. The summed E-state index contributed by atoms with van der Waals surface area (Å²) in [7, 11) is 0. The van der Waals surface area contributed by atoms with Crippen molar-refractivity contribution in [2.45, 2.75) is 121 Å². The third-order valence-electron chi connectivity index (χ3n) is 7.06. The second kappa shape index (κ2) is 24.2. The van der Waals surface area contributed by atoms with Gasteiger partial charge in [0.2, 0.25) is 11.8 Å². The lowest BCUT2D eigenvalue weighted by atomic mass is 9.93. The van der Waals surface area contributed by atoms with Crippen LogP contribution in [-0.2, 0) is 14.4 Å². The minimum Gasteiger partial charge on any atom is -0.394 e. The van der Waals surface area contributed by atoms with Crippen LogP contribution in [-0.4, -0.2) is 98.7 Å². The highest BCUT2D eigenvalue weighted by atomic mass is 16.4. The van der Waals surface area contributed by atoms with Gasteiger partial charge < -0.3 is 35.7 Å². The fourth-order valence-corrected chi connectivity index (χ4v) is 4.49. The lowest BCUT2D eigenvalue weighted by Crippen LogP contribution is -2.49. The maximum absolute atomic E-state index is 13.1. The number of rotatable bonds is 25. The van der Waals surface area contributed by atoms with E-state index in [2.05, 4.69) is 24.1 Å². The highest BCUT2D eigenvalue weighted by molar-refractivity contribution is 5.87. The fraction of sp³-hybridized carbons (Fsp3) is 0.774. The number of Topliss-reactive ketones (excluding diaryl/α,β-unsaturated/α-hetero) is 1. The van der Waals surface area contributed by atoms with Crippen LogP contribution in [0.15, 0.2) is 0 Å². The van der Waals surface area contributed by atoms with Crippen LogP contribution in [0, 0.1) is 30.6 Å². The van der Waals surface area contributed by atoms with Gasteiger partial charge in [-0.25, -0.2) is 0 Å². The third kappa shape index (κ3) is 17.8. The molecule has 0 aliphatic carbocycles. The summed E-state index contributed by atoms with van der Waals surface area (Å²) >= 11 is 0. The standard InChI is InChI=1S/C31H52N2O8/c1-4-7-8-9-10-11-12-13-14-15-16-25(35)21-24(31(41)33(19-5-2)20-6-3)17-18-28(38)32-22-26(36)29(39)30(40)27(37)23-34/h2-3,24,26-27,29-30,34,36-37,39-40H,4,7-23H2,1H3,(H,32,38)/t24-,26?,27?,29?,30?/m0/s1. The van der Waals surface area contributed by atoms with Crippen LogP contribution >= 0.6 is 0 Å². The lowest BCUT2D eigenvalue weighted by molar-refractivity contribution is -0.137. The number of hydrogen-bond donors (Lipinski definition) is 6. The summed E-state index contributed by atoms with van der Waals surface area (Å²) in [5.41, 5.74) is 0. The molecule has 0 rings (SSSR count). The van der Waals surface area contributed by atoms with E-state index in [9.17, 15) is 34.8 Å². The third-order valence-corrected chi connectivity index (χ3v) is 7.06. The van der Waals surface area contributed by atoms with Crippen molar-refractivity contribution in [1.29, 1.82) is 0 Å². The van der Waals surface area contributed by atoms with E-state index in [1.165, 1.54) is 43.4 Å². The predicted molar refractivity (Wildman–Crippen MR) is 157 cm³/mol. The molecule has 10 heteroatoms. The normalized spacial score (nSPS) is 14.6. The molecule has 10 nitrogen and oxygen atoms in total. The Bertz CT molecular complexity index is 806. The summed E-state index contributed by atoms with van der Waals surface area (Å²) < 4.78 is 0. The Morgan fingerprint density at radius 3 is 1.80 bits per heavy atom. The van der Waals surface area contributed by atoms with Gasteiger partial charge in [0, 0.05) is 31.7 Å². The molecule has 0 bridgehead atoms. The van der Waals surface area contributed by atoms with Crippen LogP contribution in [0.5, 0.6) is 0 Å². The highest BCUT2D eigenvalue weighted by Crippen LogP contribution is 2.19. The average Bonchev–Trinajstić information content (AvgIpc) is 2.97. The van der Waals surface area contributed by atoms with Gasteiger partial charge in [0.05, 0.1) is 25.8 Å². The van der Waals surface area contributed by atoms with Crippen molar-refractivity contribution < 1.29 is 39.9 Å². The molecule has 0 aromatic rings. The number of nitrogens with zero attached hydrogens (tertiary/aromatic N) is 1. The predicted octanol–water partition coefficient (Wildman–Crippen LogP) is 1.30. The van der Waals surface area contributed by atoms with Crippen molar-refractivity contribution in [3.8, 4) is 24.7 Å². The van der Waals surface area contributed by atoms with E-state index in [1.807, 2.05) is 0 Å². The fourth-order valence-electron chi connectivity index (χ4n) is 4.49. The summed E-state index contributed by atoms with van der Waals surface area (Å²) in [5, 5.41) is 50.2. The zero-order valence-electron chi connectivity index (χ0n) is 24.7. The molecule has 0 aliphatic rings. The van der Waals surface area contributed by atoms with E-state index in [4.69, 9.17) is 18.0 Å². The van der Waals surface area contributed by atoms with Crippen molar-refractivity contribution in [2.24, 2.45) is 5.92 Å². The van der Waals surface area contributed by atoms with Crippen LogP contribution < -0.4 is 5.32 Å². The van der Waals surface area contributed by atoms with E-state index < -0.39 is 55.3 Å². The molecule has 41 heavy (non-hydrogen) atoms. The summed E-state index contributed by atoms with van der Waals surface area (Å²) in [4.78, 5) is 39.6. The molecule has 0 radical (unpaired) electrons. The molecule has 5 atom stereocenters. The first-order chi connectivity index (χ1) is 19.6. The Kier molecular flexibility index (Phi) is 22.7. The second-order valence-electron chi connectivity index (χ2n) is 10.6. The second-order valence-corrected chi connectivity index (χ2v) is 10.6. The summed E-state index contributed by atoms with van der Waals surface area (Å²) in [6, 6.07) is 0. The van der Waals surface area contributed by atoms with Crippen molar-refractivity contribution >= 4 is 17.6 Å². The number of carbonyl (C=O) groups is 3. The first kappa shape index (κ1) is 38.5. The summed E-state index contributed by atoms with van der Waals surface area (Å²) in [6.45, 7) is 0.897. The van der Waals surface area contributed by atoms with E-state index >= 15 is 0 Å². The van der Waals surface area contributed by atoms with Gasteiger partial charge in [0.15, 0.2) is 0 Å². The van der Waals surface area contributed by atoms with Crippen LogP contribution in [0.4, 0.5) is 0 Å². The number of nitrogens with one attached hydrogen (secondary N) is 1. The van der Waals surface area contributed by atoms with Gasteiger partial charge in [-0.15, -0.1) is 12.8 Å². The Morgan fingerprint density at radius 1 is 0.780 bits per heavy atom. The lowest BCUT2D eigenvalue weighted by Gasteiger charge is -2.26. The number of aliphatic hydroxyl groups excluding tert-OH is 5. The van der Waals surface area contributed by atoms with Gasteiger partial charge in [0.1, 0.15) is 24.1 Å². The Labute approximate surface area is 245 Å². The molecule has 234 valence electrons. The van der Waals surface area contributed by atoms with Crippen molar-refractivity contribution in [3.05, 3.63) is 0 Å². The molecular weight excluding hydrogens is 528 g/mol. The number of carbonyl (C=O) groups excluding carboxylic acids is 3. The summed E-state index contributed by atoms with van der Waals surface area (Å²) in [5.74, 6) is 2.95. The largest absolute Gasteiger partial charge is 0.394 e. The number of ketones is 1. The number of hydrogen-bond acceptors (Lipinski definition) is 8. The number of unbranched alkanes of at least 4 members (excludes halogenated alkanes) is 9. The molecule has 0 aromatic carbocycles. The molecule has 0 heterocycles. The van der Waals surface area contributed by atoms with Crippen LogP contribution in [0.2, 0.25) is 0 Å². The molecule has 0 spiro atoms. The van der Waals surface area contributed by atoms with E-state index in [0.29, 0.717) is 6.42 Å². The van der Waals surface area contributed by atoms with Gasteiger partial charge in [0.25, 0.3) is 0 Å². The maximum atomic E-state index is 13.1. The van der Waals surface area contributed by atoms with Crippen molar-refractivity contribution in [1.82, 2.24) is 10.2 Å². The topological polar surface area (TPSA) is 168 Å². The first-order valence-electron chi connectivity index (χ1n) is 14.9. The van der Waals surface area contributed by atoms with Gasteiger partial charge in [-0.3, -0.25) is 14.4 Å². The Hall–Kier alpha value is -2.47. The van der Waals surface area contributed by atoms with Crippen LogP contribution in [0.1, 0.15) is 96.8 Å². The van der Waals surface area contributed by atoms with Gasteiger partial charge >= 0.3 is 0 Å². The van der Waals surface area contributed by atoms with Crippen LogP contribution in [0.25, 0.3) is 0 Å². The van der Waals surface area contributed by atoms with E-state index in [-0.39, 0.29) is 38.1 Å². The molecule has 4 unspecified atom stereocenters. The molecule has 2 amide bonds. The smallest absolute Gasteiger partial charge is 0.227 e. The minimum atomic E-state index is -1.81.